The average molecular weight is 843 g/mol. The molecule has 13 rings (SSSR count). The fourth-order valence-corrected chi connectivity index (χ4v) is 11.0. The van der Waals surface area contributed by atoms with Gasteiger partial charge in [0.1, 0.15) is 11.2 Å². The SMILES string of the molecule is CC1(C)c2ccc(-c3cccc(-c4cccc5c4NC4C=Cc6ccccc6C54)c3)cc2-c2cccc(-c3cccc(-c4nc(Cl)nc(-c5ccc6c(c5)oc5ccccc56)n4)c3)c21. The van der Waals surface area contributed by atoms with E-state index < -0.39 is 0 Å². The van der Waals surface area contributed by atoms with E-state index in [1.807, 2.05) is 36.4 Å². The number of rotatable bonds is 5. The summed E-state index contributed by atoms with van der Waals surface area (Å²) < 4.78 is 6.18. The zero-order valence-electron chi connectivity index (χ0n) is 35.1. The van der Waals surface area contributed by atoms with Gasteiger partial charge >= 0.3 is 0 Å². The van der Waals surface area contributed by atoms with Gasteiger partial charge < -0.3 is 9.73 Å². The van der Waals surface area contributed by atoms with Crippen molar-refractivity contribution in [3.8, 4) is 67.3 Å². The van der Waals surface area contributed by atoms with Crippen LogP contribution in [0.3, 0.4) is 0 Å². The summed E-state index contributed by atoms with van der Waals surface area (Å²) in [6, 6.07) is 61.1. The molecule has 1 aliphatic heterocycles. The molecule has 6 heteroatoms. The van der Waals surface area contributed by atoms with Crippen LogP contribution in [0.5, 0.6) is 0 Å². The molecule has 2 aromatic heterocycles. The van der Waals surface area contributed by atoms with Crippen LogP contribution in [0, 0.1) is 0 Å². The van der Waals surface area contributed by atoms with Crippen molar-refractivity contribution in [3.05, 3.63) is 209 Å². The van der Waals surface area contributed by atoms with Crippen LogP contribution in [0.25, 0.3) is 95.3 Å². The third kappa shape index (κ3) is 5.67. The molecule has 0 saturated carbocycles. The van der Waals surface area contributed by atoms with Crippen LogP contribution in [0.4, 0.5) is 5.69 Å². The molecule has 10 aromatic rings. The van der Waals surface area contributed by atoms with Gasteiger partial charge in [-0.3, -0.25) is 0 Å². The molecule has 64 heavy (non-hydrogen) atoms. The molecule has 0 fully saturated rings. The zero-order chi connectivity index (χ0) is 42.7. The summed E-state index contributed by atoms with van der Waals surface area (Å²) in [5.41, 5.74) is 20.6. The quantitative estimate of drug-likeness (QED) is 0.187. The smallest absolute Gasteiger partial charge is 0.226 e. The Morgan fingerprint density at radius 1 is 0.516 bits per heavy atom. The summed E-state index contributed by atoms with van der Waals surface area (Å²) in [6.07, 6.45) is 4.59. The lowest BCUT2D eigenvalue weighted by Gasteiger charge is -2.24. The minimum atomic E-state index is -0.239. The van der Waals surface area contributed by atoms with E-state index in [1.165, 1.54) is 72.4 Å². The van der Waals surface area contributed by atoms with Crippen molar-refractivity contribution in [2.45, 2.75) is 31.2 Å². The van der Waals surface area contributed by atoms with Crippen LogP contribution >= 0.6 is 11.6 Å². The minimum absolute atomic E-state index is 0.138. The van der Waals surface area contributed by atoms with E-state index in [0.717, 1.165) is 38.6 Å². The second kappa shape index (κ2) is 14.0. The van der Waals surface area contributed by atoms with E-state index in [9.17, 15) is 0 Å². The van der Waals surface area contributed by atoms with Gasteiger partial charge in [0, 0.05) is 44.5 Å². The lowest BCUT2D eigenvalue weighted by Crippen LogP contribution is -2.21. The van der Waals surface area contributed by atoms with Crippen LogP contribution < -0.4 is 5.32 Å². The number of anilines is 1. The summed E-state index contributed by atoms with van der Waals surface area (Å²) in [7, 11) is 0. The van der Waals surface area contributed by atoms with Gasteiger partial charge in [0.2, 0.25) is 5.28 Å². The normalized spacial score (nSPS) is 16.2. The van der Waals surface area contributed by atoms with E-state index >= 15 is 0 Å². The molecule has 0 radical (unpaired) electrons. The van der Waals surface area contributed by atoms with E-state index in [1.54, 1.807) is 0 Å². The molecule has 8 aromatic carbocycles. The second-order valence-corrected chi connectivity index (χ2v) is 18.1. The summed E-state index contributed by atoms with van der Waals surface area (Å²) in [5, 5.41) is 6.16. The van der Waals surface area contributed by atoms with Crippen LogP contribution in [0.1, 0.15) is 47.6 Å². The Bertz CT molecular complexity index is 3620. The maximum Gasteiger partial charge on any atom is 0.226 e. The Kier molecular flexibility index (Phi) is 8.07. The summed E-state index contributed by atoms with van der Waals surface area (Å²) in [4.78, 5) is 14.1. The molecule has 2 atom stereocenters. The molecule has 304 valence electrons. The van der Waals surface area contributed by atoms with E-state index in [4.69, 9.17) is 21.0 Å². The first-order valence-electron chi connectivity index (χ1n) is 21.9. The van der Waals surface area contributed by atoms with Gasteiger partial charge in [0.25, 0.3) is 0 Å². The van der Waals surface area contributed by atoms with Crippen molar-refractivity contribution in [1.82, 2.24) is 15.0 Å². The van der Waals surface area contributed by atoms with E-state index in [2.05, 4.69) is 175 Å². The third-order valence-electron chi connectivity index (χ3n) is 13.8. The Labute approximate surface area is 375 Å². The monoisotopic (exact) mass is 842 g/mol. The first-order chi connectivity index (χ1) is 31.4. The van der Waals surface area contributed by atoms with Crippen molar-refractivity contribution < 1.29 is 4.42 Å². The maximum atomic E-state index is 6.62. The minimum Gasteiger partial charge on any atom is -0.456 e. The molecular formula is C58H39ClN4O. The summed E-state index contributed by atoms with van der Waals surface area (Å²) in [6.45, 7) is 4.69. The molecule has 3 heterocycles. The van der Waals surface area contributed by atoms with Crippen molar-refractivity contribution in [2.75, 3.05) is 5.32 Å². The Morgan fingerprint density at radius 3 is 2.05 bits per heavy atom. The number of fused-ring (bicyclic) bond motifs is 11. The van der Waals surface area contributed by atoms with Crippen molar-refractivity contribution in [3.63, 3.8) is 0 Å². The van der Waals surface area contributed by atoms with Gasteiger partial charge in [-0.2, -0.15) is 9.97 Å². The molecule has 2 unspecified atom stereocenters. The molecule has 0 amide bonds. The van der Waals surface area contributed by atoms with Crippen LogP contribution in [-0.4, -0.2) is 21.0 Å². The Morgan fingerprint density at radius 2 is 1.16 bits per heavy atom. The highest BCUT2D eigenvalue weighted by atomic mass is 35.5. The van der Waals surface area contributed by atoms with Crippen LogP contribution in [0.15, 0.2) is 180 Å². The highest BCUT2D eigenvalue weighted by molar-refractivity contribution is 6.28. The lowest BCUT2D eigenvalue weighted by molar-refractivity contribution is 0.662. The van der Waals surface area contributed by atoms with Crippen molar-refractivity contribution in [2.24, 2.45) is 0 Å². The highest BCUT2D eigenvalue weighted by Crippen LogP contribution is 2.54. The molecule has 2 aliphatic carbocycles. The highest BCUT2D eigenvalue weighted by Gasteiger charge is 2.38. The number of nitrogens with zero attached hydrogens (tertiary/aromatic N) is 3. The number of benzene rings is 8. The predicted octanol–water partition coefficient (Wildman–Crippen LogP) is 15.0. The number of aromatic nitrogens is 3. The zero-order valence-corrected chi connectivity index (χ0v) is 35.9. The summed E-state index contributed by atoms with van der Waals surface area (Å²) in [5.74, 6) is 1.31. The number of hydrogen-bond donors (Lipinski definition) is 1. The molecule has 0 bridgehead atoms. The molecule has 0 spiro atoms. The number of para-hydroxylation sites is 2. The number of nitrogens with one attached hydrogen (secondary N) is 1. The number of halogens is 1. The fourth-order valence-electron chi connectivity index (χ4n) is 10.8. The van der Waals surface area contributed by atoms with Gasteiger partial charge in [-0.05, 0) is 115 Å². The number of furan rings is 1. The molecule has 0 saturated heterocycles. The second-order valence-electron chi connectivity index (χ2n) is 17.7. The van der Waals surface area contributed by atoms with Gasteiger partial charge in [-0.15, -0.1) is 0 Å². The fraction of sp³-hybridized carbons (Fsp3) is 0.0862. The molecule has 1 N–H and O–H groups in total. The Hall–Kier alpha value is -7.60. The van der Waals surface area contributed by atoms with Gasteiger partial charge in [-0.25, -0.2) is 4.98 Å². The van der Waals surface area contributed by atoms with E-state index in [0.29, 0.717) is 17.6 Å². The third-order valence-corrected chi connectivity index (χ3v) is 13.9. The largest absolute Gasteiger partial charge is 0.456 e. The van der Waals surface area contributed by atoms with E-state index in [-0.39, 0.29) is 16.7 Å². The first-order valence-corrected chi connectivity index (χ1v) is 22.2. The Balaban J connectivity index is 0.843. The maximum absolute atomic E-state index is 6.62. The summed E-state index contributed by atoms with van der Waals surface area (Å²) >= 11 is 6.62. The van der Waals surface area contributed by atoms with Crippen LogP contribution in [0.2, 0.25) is 5.28 Å². The molecular weight excluding hydrogens is 804 g/mol. The predicted molar refractivity (Wildman–Crippen MR) is 262 cm³/mol. The van der Waals surface area contributed by atoms with Crippen molar-refractivity contribution >= 4 is 45.3 Å². The van der Waals surface area contributed by atoms with Crippen molar-refractivity contribution in [1.29, 1.82) is 0 Å². The molecule has 5 nitrogen and oxygen atoms in total. The van der Waals surface area contributed by atoms with Gasteiger partial charge in [0.15, 0.2) is 11.6 Å². The number of hydrogen-bond acceptors (Lipinski definition) is 5. The van der Waals surface area contributed by atoms with Crippen LogP contribution in [-0.2, 0) is 5.41 Å². The molecule has 3 aliphatic rings. The lowest BCUT2D eigenvalue weighted by atomic mass is 9.78. The average Bonchev–Trinajstić information content (AvgIpc) is 3.98. The first kappa shape index (κ1) is 37.0. The standard InChI is InChI=1S/C58H39ClN4O/c1-58(2)48-27-24-35(34-12-7-14-37(29-34)42-19-10-21-46-52-40-16-4-3-11-33(40)25-28-49(52)60-54(42)46)31-47(48)45-20-9-18-41(53(45)58)36-13-8-15-38(30-36)55-61-56(63-57(59)62-55)39-23-26-44-43-17-5-6-22-50(43)64-51(44)32-39/h3-32,49,52,60H,1-2H3. The van der Waals surface area contributed by atoms with Gasteiger partial charge in [-0.1, -0.05) is 159 Å². The van der Waals surface area contributed by atoms with Gasteiger partial charge in [0.05, 0.1) is 6.04 Å². The topological polar surface area (TPSA) is 63.8 Å².